The lowest BCUT2D eigenvalue weighted by Gasteiger charge is -2.22. The smallest absolute Gasteiger partial charge is 0.241 e. The highest BCUT2D eigenvalue weighted by Crippen LogP contribution is 2.30. The molecule has 5 nitrogen and oxygen atoms in total. The maximum absolute atomic E-state index is 12.8. The van der Waals surface area contributed by atoms with Crippen molar-refractivity contribution >= 4 is 15.7 Å². The van der Waals surface area contributed by atoms with E-state index in [-0.39, 0.29) is 6.04 Å². The zero-order chi connectivity index (χ0) is 15.2. The summed E-state index contributed by atoms with van der Waals surface area (Å²) in [5.41, 5.74) is 7.79. The van der Waals surface area contributed by atoms with Crippen molar-refractivity contribution in [3.8, 4) is 0 Å². The highest BCUT2D eigenvalue weighted by Gasteiger charge is 2.39. The first kappa shape index (κ1) is 14.8. The molecule has 6 heteroatoms. The number of nitrogens with one attached hydrogen (secondary N) is 1. The Kier molecular flexibility index (Phi) is 3.71. The van der Waals surface area contributed by atoms with Gasteiger partial charge in [0.05, 0.1) is 4.90 Å². The van der Waals surface area contributed by atoms with E-state index in [0.717, 1.165) is 31.5 Å². The number of rotatable bonds is 3. The number of sulfonamides is 1. The van der Waals surface area contributed by atoms with Crippen LogP contribution in [-0.2, 0) is 10.0 Å². The molecule has 0 saturated carbocycles. The normalized spacial score (nSPS) is 26.2. The number of anilines is 1. The second kappa shape index (κ2) is 5.26. The van der Waals surface area contributed by atoms with Crippen LogP contribution in [-0.4, -0.2) is 38.5 Å². The molecule has 1 aromatic rings. The van der Waals surface area contributed by atoms with Gasteiger partial charge in [-0.3, -0.25) is 4.90 Å². The van der Waals surface area contributed by atoms with Gasteiger partial charge in [-0.2, -0.15) is 0 Å². The molecule has 0 aromatic heterocycles. The molecular formula is C15H23N3O2S. The van der Waals surface area contributed by atoms with Crippen molar-refractivity contribution in [2.75, 3.05) is 18.8 Å². The first-order valence-corrected chi connectivity index (χ1v) is 9.00. The van der Waals surface area contributed by atoms with Crippen molar-refractivity contribution in [2.24, 2.45) is 0 Å². The number of nitrogens with zero attached hydrogens (tertiary/aromatic N) is 1. The summed E-state index contributed by atoms with van der Waals surface area (Å²) in [6, 6.07) is 3.92. The van der Waals surface area contributed by atoms with Crippen LogP contribution in [0.3, 0.4) is 0 Å². The summed E-state index contributed by atoms with van der Waals surface area (Å²) in [7, 11) is -3.52. The fourth-order valence-electron chi connectivity index (χ4n) is 3.73. The van der Waals surface area contributed by atoms with E-state index in [1.807, 2.05) is 6.92 Å². The third-order valence-corrected chi connectivity index (χ3v) is 6.60. The molecule has 0 aliphatic carbocycles. The van der Waals surface area contributed by atoms with Gasteiger partial charge in [-0.15, -0.1) is 0 Å². The van der Waals surface area contributed by atoms with E-state index in [1.165, 1.54) is 6.42 Å². The van der Waals surface area contributed by atoms with E-state index in [0.29, 0.717) is 22.2 Å². The minimum Gasteiger partial charge on any atom is -0.398 e. The lowest BCUT2D eigenvalue weighted by Crippen LogP contribution is -2.42. The summed E-state index contributed by atoms with van der Waals surface area (Å²) in [4.78, 5) is 2.74. The predicted octanol–water partition coefficient (Wildman–Crippen LogP) is 1.40. The molecule has 2 aliphatic rings. The average molecular weight is 309 g/mol. The first-order valence-electron chi connectivity index (χ1n) is 7.52. The van der Waals surface area contributed by atoms with Gasteiger partial charge >= 0.3 is 0 Å². The molecule has 2 aliphatic heterocycles. The molecule has 2 unspecified atom stereocenters. The molecule has 2 saturated heterocycles. The van der Waals surface area contributed by atoms with E-state index >= 15 is 0 Å². The van der Waals surface area contributed by atoms with Gasteiger partial charge < -0.3 is 5.73 Å². The number of benzene rings is 1. The fourth-order valence-corrected chi connectivity index (χ4v) is 5.54. The number of hydrogen-bond donors (Lipinski definition) is 2. The van der Waals surface area contributed by atoms with Crippen LogP contribution in [0.5, 0.6) is 0 Å². The summed E-state index contributed by atoms with van der Waals surface area (Å²) >= 11 is 0. The Hall–Kier alpha value is -1.11. The highest BCUT2D eigenvalue weighted by molar-refractivity contribution is 7.89. The third kappa shape index (κ3) is 2.56. The summed E-state index contributed by atoms with van der Waals surface area (Å²) < 4.78 is 28.5. The molecule has 1 aromatic carbocycles. The maximum Gasteiger partial charge on any atom is 0.241 e. The second-order valence-electron chi connectivity index (χ2n) is 6.19. The van der Waals surface area contributed by atoms with E-state index < -0.39 is 10.0 Å². The standard InChI is InChI=1S/C15H23N3O2S/c1-10-5-6-12(16)11(2)15(10)21(19,20)17-13-7-9-18-8-3-4-14(13)18/h5-6,13-14,17H,3-4,7-9,16H2,1-2H3. The van der Waals surface area contributed by atoms with Gasteiger partial charge in [-0.25, -0.2) is 13.1 Å². The Labute approximate surface area is 126 Å². The lowest BCUT2D eigenvalue weighted by molar-refractivity contribution is 0.309. The van der Waals surface area contributed by atoms with Crippen LogP contribution < -0.4 is 10.5 Å². The summed E-state index contributed by atoms with van der Waals surface area (Å²) in [5, 5.41) is 0. The SMILES string of the molecule is Cc1ccc(N)c(C)c1S(=O)(=O)NC1CCN2CCCC12. The zero-order valence-corrected chi connectivity index (χ0v) is 13.4. The summed E-state index contributed by atoms with van der Waals surface area (Å²) in [5.74, 6) is 0. The quantitative estimate of drug-likeness (QED) is 0.828. The second-order valence-corrected chi connectivity index (χ2v) is 7.84. The van der Waals surface area contributed by atoms with E-state index in [9.17, 15) is 8.42 Å². The number of fused-ring (bicyclic) bond motifs is 1. The third-order valence-electron chi connectivity index (χ3n) is 4.83. The minimum atomic E-state index is -3.52. The van der Waals surface area contributed by atoms with Crippen molar-refractivity contribution in [3.63, 3.8) is 0 Å². The highest BCUT2D eigenvalue weighted by atomic mass is 32.2. The largest absolute Gasteiger partial charge is 0.398 e. The fraction of sp³-hybridized carbons (Fsp3) is 0.600. The van der Waals surface area contributed by atoms with Crippen molar-refractivity contribution in [2.45, 2.75) is 50.1 Å². The zero-order valence-electron chi connectivity index (χ0n) is 12.6. The van der Waals surface area contributed by atoms with E-state index in [4.69, 9.17) is 5.73 Å². The lowest BCUT2D eigenvalue weighted by atomic mass is 10.1. The van der Waals surface area contributed by atoms with Crippen LogP contribution in [0.2, 0.25) is 0 Å². The van der Waals surface area contributed by atoms with Crippen LogP contribution in [0.25, 0.3) is 0 Å². The Morgan fingerprint density at radius 3 is 2.76 bits per heavy atom. The predicted molar refractivity (Wildman–Crippen MR) is 83.6 cm³/mol. The Bertz CT molecular complexity index is 657. The number of nitrogen functional groups attached to an aromatic ring is 1. The van der Waals surface area contributed by atoms with E-state index in [1.54, 1.807) is 19.1 Å². The number of aryl methyl sites for hydroxylation is 1. The van der Waals surface area contributed by atoms with Crippen LogP contribution in [0.1, 0.15) is 30.4 Å². The van der Waals surface area contributed by atoms with E-state index in [2.05, 4.69) is 9.62 Å². The van der Waals surface area contributed by atoms with Gasteiger partial charge in [-0.05, 0) is 56.8 Å². The van der Waals surface area contributed by atoms with Crippen LogP contribution in [0.15, 0.2) is 17.0 Å². The molecule has 2 fully saturated rings. The molecule has 116 valence electrons. The molecule has 2 atom stereocenters. The van der Waals surface area contributed by atoms with Crippen LogP contribution >= 0.6 is 0 Å². The summed E-state index contributed by atoms with van der Waals surface area (Å²) in [6.45, 7) is 5.68. The van der Waals surface area contributed by atoms with Gasteiger partial charge in [0.2, 0.25) is 10.0 Å². The van der Waals surface area contributed by atoms with Gasteiger partial charge in [-0.1, -0.05) is 6.07 Å². The van der Waals surface area contributed by atoms with Crippen molar-refractivity contribution in [1.82, 2.24) is 9.62 Å². The van der Waals surface area contributed by atoms with Crippen LogP contribution in [0.4, 0.5) is 5.69 Å². The van der Waals surface area contributed by atoms with Crippen LogP contribution in [0, 0.1) is 13.8 Å². The molecule has 0 amide bonds. The molecule has 3 rings (SSSR count). The Morgan fingerprint density at radius 1 is 1.24 bits per heavy atom. The Balaban J connectivity index is 1.90. The number of nitrogens with two attached hydrogens (primary N) is 1. The summed E-state index contributed by atoms with van der Waals surface area (Å²) in [6.07, 6.45) is 3.14. The molecule has 0 spiro atoms. The maximum atomic E-state index is 12.8. The van der Waals surface area contributed by atoms with Gasteiger partial charge in [0.25, 0.3) is 0 Å². The number of hydrogen-bond acceptors (Lipinski definition) is 4. The van der Waals surface area contributed by atoms with Gasteiger partial charge in [0.15, 0.2) is 0 Å². The van der Waals surface area contributed by atoms with Gasteiger partial charge in [0, 0.05) is 24.3 Å². The van der Waals surface area contributed by atoms with Crippen molar-refractivity contribution in [3.05, 3.63) is 23.3 Å². The Morgan fingerprint density at radius 2 is 2.00 bits per heavy atom. The molecule has 0 bridgehead atoms. The molecule has 2 heterocycles. The molecule has 3 N–H and O–H groups in total. The van der Waals surface area contributed by atoms with Gasteiger partial charge in [0.1, 0.15) is 0 Å². The van der Waals surface area contributed by atoms with Crippen molar-refractivity contribution < 1.29 is 8.42 Å². The molecule has 0 radical (unpaired) electrons. The van der Waals surface area contributed by atoms with Crippen molar-refractivity contribution in [1.29, 1.82) is 0 Å². The average Bonchev–Trinajstić information content (AvgIpc) is 2.99. The minimum absolute atomic E-state index is 0.0257. The topological polar surface area (TPSA) is 75.4 Å². The molecule has 21 heavy (non-hydrogen) atoms. The monoisotopic (exact) mass is 309 g/mol. The first-order chi connectivity index (χ1) is 9.90. The molecular weight excluding hydrogens is 286 g/mol.